The van der Waals surface area contributed by atoms with E-state index in [1.807, 2.05) is 43.0 Å². The number of carbonyl (C=O) groups is 1. The second kappa shape index (κ2) is 10.0. The molecule has 0 saturated carbocycles. The minimum Gasteiger partial charge on any atom is -0.490 e. The molecule has 154 valence electrons. The van der Waals surface area contributed by atoms with Crippen LogP contribution in [0.25, 0.3) is 6.08 Å². The van der Waals surface area contributed by atoms with Crippen LogP contribution in [0.3, 0.4) is 0 Å². The normalized spacial score (nSPS) is 14.3. The fraction of sp³-hybridized carbons (Fsp3) is 0.375. The molecule has 0 spiro atoms. The lowest BCUT2D eigenvalue weighted by Crippen LogP contribution is -2.48. The van der Waals surface area contributed by atoms with Crippen LogP contribution in [0.4, 0.5) is 5.69 Å². The van der Waals surface area contributed by atoms with Crippen molar-refractivity contribution in [1.29, 1.82) is 0 Å². The molecule has 5 heteroatoms. The zero-order chi connectivity index (χ0) is 20.6. The molecule has 0 N–H and O–H groups in total. The van der Waals surface area contributed by atoms with Crippen molar-refractivity contribution in [2.75, 3.05) is 44.3 Å². The first kappa shape index (κ1) is 20.8. The van der Waals surface area contributed by atoms with Gasteiger partial charge in [-0.1, -0.05) is 18.2 Å². The SMILES string of the molecule is CCOc1ccc(/C=C/C(=O)N2CCN(c3cccc(C)c3)CC2)cc1OCC. The van der Waals surface area contributed by atoms with Crippen LogP contribution in [0.2, 0.25) is 0 Å². The number of benzene rings is 2. The van der Waals surface area contributed by atoms with Crippen LogP contribution in [-0.4, -0.2) is 50.2 Å². The second-order valence-electron chi connectivity index (χ2n) is 7.06. The Hall–Kier alpha value is -2.95. The van der Waals surface area contributed by atoms with Gasteiger partial charge >= 0.3 is 0 Å². The molecular weight excluding hydrogens is 364 g/mol. The van der Waals surface area contributed by atoms with Crippen LogP contribution in [0.5, 0.6) is 11.5 Å². The molecule has 1 amide bonds. The second-order valence-corrected chi connectivity index (χ2v) is 7.06. The Morgan fingerprint density at radius 2 is 1.69 bits per heavy atom. The maximum absolute atomic E-state index is 12.6. The van der Waals surface area contributed by atoms with Crippen molar-refractivity contribution >= 4 is 17.7 Å². The standard InChI is InChI=1S/C24H30N2O3/c1-4-28-22-11-9-20(18-23(22)29-5-2)10-12-24(27)26-15-13-25(14-16-26)21-8-6-7-19(3)17-21/h6-12,17-18H,4-5,13-16H2,1-3H3/b12-10+. The Morgan fingerprint density at radius 1 is 0.966 bits per heavy atom. The van der Waals surface area contributed by atoms with E-state index in [2.05, 4.69) is 36.1 Å². The number of piperazine rings is 1. The van der Waals surface area contributed by atoms with Crippen molar-refractivity contribution in [3.63, 3.8) is 0 Å². The van der Waals surface area contributed by atoms with Gasteiger partial charge in [0.25, 0.3) is 0 Å². The van der Waals surface area contributed by atoms with E-state index in [0.717, 1.165) is 37.5 Å². The molecule has 1 aliphatic heterocycles. The van der Waals surface area contributed by atoms with Crippen molar-refractivity contribution < 1.29 is 14.3 Å². The van der Waals surface area contributed by atoms with Gasteiger partial charge in [0.1, 0.15) is 0 Å². The van der Waals surface area contributed by atoms with Gasteiger partial charge in [-0.2, -0.15) is 0 Å². The molecule has 1 fully saturated rings. The van der Waals surface area contributed by atoms with E-state index in [1.165, 1.54) is 11.3 Å². The fourth-order valence-corrected chi connectivity index (χ4v) is 3.45. The van der Waals surface area contributed by atoms with Gasteiger partial charge < -0.3 is 19.3 Å². The summed E-state index contributed by atoms with van der Waals surface area (Å²) in [5.41, 5.74) is 3.40. The summed E-state index contributed by atoms with van der Waals surface area (Å²) >= 11 is 0. The smallest absolute Gasteiger partial charge is 0.246 e. The Morgan fingerprint density at radius 3 is 2.38 bits per heavy atom. The molecule has 0 unspecified atom stereocenters. The molecule has 5 nitrogen and oxygen atoms in total. The molecular formula is C24H30N2O3. The van der Waals surface area contributed by atoms with E-state index in [0.29, 0.717) is 19.0 Å². The van der Waals surface area contributed by atoms with E-state index < -0.39 is 0 Å². The summed E-state index contributed by atoms with van der Waals surface area (Å²) in [6, 6.07) is 14.2. The zero-order valence-electron chi connectivity index (χ0n) is 17.6. The highest BCUT2D eigenvalue weighted by atomic mass is 16.5. The van der Waals surface area contributed by atoms with Crippen molar-refractivity contribution in [2.45, 2.75) is 20.8 Å². The first-order chi connectivity index (χ1) is 14.1. The first-order valence-corrected chi connectivity index (χ1v) is 10.3. The van der Waals surface area contributed by atoms with Gasteiger partial charge in [0.05, 0.1) is 13.2 Å². The average molecular weight is 395 g/mol. The first-order valence-electron chi connectivity index (χ1n) is 10.3. The number of anilines is 1. The molecule has 2 aromatic rings. The number of carbonyl (C=O) groups excluding carboxylic acids is 1. The molecule has 3 rings (SSSR count). The van der Waals surface area contributed by atoms with Gasteiger partial charge in [0.2, 0.25) is 5.91 Å². The molecule has 0 aliphatic carbocycles. The number of aryl methyl sites for hydroxylation is 1. The highest BCUT2D eigenvalue weighted by Crippen LogP contribution is 2.29. The van der Waals surface area contributed by atoms with Gasteiger partial charge in [-0.3, -0.25) is 4.79 Å². The lowest BCUT2D eigenvalue weighted by molar-refractivity contribution is -0.126. The molecule has 0 bridgehead atoms. The quantitative estimate of drug-likeness (QED) is 0.662. The summed E-state index contributed by atoms with van der Waals surface area (Å²) in [5.74, 6) is 1.47. The number of hydrogen-bond acceptors (Lipinski definition) is 4. The number of rotatable bonds is 7. The van der Waals surface area contributed by atoms with Gasteiger partial charge in [0, 0.05) is 37.9 Å². The Kier molecular flexibility index (Phi) is 7.17. The van der Waals surface area contributed by atoms with E-state index >= 15 is 0 Å². The summed E-state index contributed by atoms with van der Waals surface area (Å²) in [7, 11) is 0. The number of amides is 1. The van der Waals surface area contributed by atoms with E-state index in [1.54, 1.807) is 6.08 Å². The predicted octanol–water partition coefficient (Wildman–Crippen LogP) is 4.15. The Bertz CT molecular complexity index is 855. The van der Waals surface area contributed by atoms with E-state index in [-0.39, 0.29) is 5.91 Å². The fourth-order valence-electron chi connectivity index (χ4n) is 3.45. The van der Waals surface area contributed by atoms with Gasteiger partial charge in [-0.15, -0.1) is 0 Å². The molecule has 1 heterocycles. The Balaban J connectivity index is 1.59. The average Bonchev–Trinajstić information content (AvgIpc) is 2.74. The van der Waals surface area contributed by atoms with Crippen LogP contribution < -0.4 is 14.4 Å². The highest BCUT2D eigenvalue weighted by Gasteiger charge is 2.19. The van der Waals surface area contributed by atoms with Crippen LogP contribution >= 0.6 is 0 Å². The highest BCUT2D eigenvalue weighted by molar-refractivity contribution is 5.92. The summed E-state index contributed by atoms with van der Waals surface area (Å²) in [6.07, 6.45) is 3.49. The number of ether oxygens (including phenoxy) is 2. The van der Waals surface area contributed by atoms with Crippen molar-refractivity contribution in [3.05, 3.63) is 59.7 Å². The van der Waals surface area contributed by atoms with E-state index in [9.17, 15) is 4.79 Å². The molecule has 1 saturated heterocycles. The van der Waals surface area contributed by atoms with Crippen LogP contribution in [0.1, 0.15) is 25.0 Å². The van der Waals surface area contributed by atoms with Crippen molar-refractivity contribution in [2.24, 2.45) is 0 Å². The van der Waals surface area contributed by atoms with Gasteiger partial charge in [-0.05, 0) is 62.2 Å². The third-order valence-corrected chi connectivity index (χ3v) is 4.94. The molecule has 0 aromatic heterocycles. The van der Waals surface area contributed by atoms with Gasteiger partial charge in [-0.25, -0.2) is 0 Å². The largest absolute Gasteiger partial charge is 0.490 e. The Labute approximate surface area is 173 Å². The molecule has 0 radical (unpaired) electrons. The summed E-state index contributed by atoms with van der Waals surface area (Å²) < 4.78 is 11.2. The summed E-state index contributed by atoms with van der Waals surface area (Å²) in [6.45, 7) is 10.3. The minimum atomic E-state index is 0.0423. The lowest BCUT2D eigenvalue weighted by Gasteiger charge is -2.35. The monoisotopic (exact) mass is 394 g/mol. The summed E-state index contributed by atoms with van der Waals surface area (Å²) in [5, 5.41) is 0. The van der Waals surface area contributed by atoms with Crippen LogP contribution in [0.15, 0.2) is 48.5 Å². The molecule has 1 aliphatic rings. The topological polar surface area (TPSA) is 42.0 Å². The van der Waals surface area contributed by atoms with Crippen molar-refractivity contribution in [3.8, 4) is 11.5 Å². The molecule has 0 atom stereocenters. The minimum absolute atomic E-state index is 0.0423. The van der Waals surface area contributed by atoms with Crippen LogP contribution in [0, 0.1) is 6.92 Å². The predicted molar refractivity (Wildman–Crippen MR) is 118 cm³/mol. The van der Waals surface area contributed by atoms with Crippen LogP contribution in [-0.2, 0) is 4.79 Å². The lowest BCUT2D eigenvalue weighted by atomic mass is 10.1. The third kappa shape index (κ3) is 5.53. The third-order valence-electron chi connectivity index (χ3n) is 4.94. The van der Waals surface area contributed by atoms with E-state index in [4.69, 9.17) is 9.47 Å². The van der Waals surface area contributed by atoms with Crippen molar-refractivity contribution in [1.82, 2.24) is 4.90 Å². The molecule has 2 aromatic carbocycles. The maximum Gasteiger partial charge on any atom is 0.246 e. The maximum atomic E-state index is 12.6. The number of hydrogen-bond donors (Lipinski definition) is 0. The zero-order valence-corrected chi connectivity index (χ0v) is 17.6. The molecule has 29 heavy (non-hydrogen) atoms. The van der Waals surface area contributed by atoms with Gasteiger partial charge in [0.15, 0.2) is 11.5 Å². The summed E-state index contributed by atoms with van der Waals surface area (Å²) in [4.78, 5) is 16.9. The number of nitrogens with zero attached hydrogens (tertiary/aromatic N) is 2.